The van der Waals surface area contributed by atoms with E-state index in [1.165, 1.54) is 42.5 Å². The Morgan fingerprint density at radius 1 is 0.929 bits per heavy atom. The number of sulfonamides is 1. The minimum atomic E-state index is -3.96. The number of nitro benzene ring substituents is 2. The van der Waals surface area contributed by atoms with Gasteiger partial charge in [0.05, 0.1) is 21.2 Å². The molecule has 0 aliphatic carbocycles. The van der Waals surface area contributed by atoms with E-state index in [4.69, 9.17) is 0 Å². The number of non-ortho nitro benzene ring substituents is 2. The molecular weight excluding hydrogens is 392 g/mol. The number of nitrogens with one attached hydrogen (secondary N) is 2. The number of nitrogens with zero attached hydrogens (tertiary/aromatic N) is 2. The van der Waals surface area contributed by atoms with E-state index in [1.54, 1.807) is 0 Å². The minimum absolute atomic E-state index is 0.0000283. The fraction of sp³-hybridized carbons (Fsp3) is 0.188. The zero-order chi connectivity index (χ0) is 20.7. The number of carbonyl (C=O) groups is 1. The van der Waals surface area contributed by atoms with Gasteiger partial charge in [0.25, 0.3) is 11.4 Å². The maximum Gasteiger partial charge on any atom is 0.270 e. The van der Waals surface area contributed by atoms with Gasteiger partial charge in [-0.2, -0.15) is 0 Å². The van der Waals surface area contributed by atoms with Crippen LogP contribution in [-0.4, -0.2) is 37.3 Å². The van der Waals surface area contributed by atoms with E-state index in [0.29, 0.717) is 5.56 Å². The third-order valence-electron chi connectivity index (χ3n) is 3.59. The van der Waals surface area contributed by atoms with E-state index in [0.717, 1.165) is 6.07 Å². The van der Waals surface area contributed by atoms with Crippen molar-refractivity contribution in [2.24, 2.45) is 0 Å². The number of hydrogen-bond acceptors (Lipinski definition) is 7. The van der Waals surface area contributed by atoms with Crippen molar-refractivity contribution in [2.45, 2.75) is 11.3 Å². The van der Waals surface area contributed by atoms with Crippen molar-refractivity contribution < 1.29 is 23.1 Å². The van der Waals surface area contributed by atoms with Crippen molar-refractivity contribution in [3.63, 3.8) is 0 Å². The molecule has 0 aliphatic heterocycles. The first-order valence-corrected chi connectivity index (χ1v) is 9.41. The Morgan fingerprint density at radius 3 is 2.18 bits per heavy atom. The van der Waals surface area contributed by atoms with Crippen LogP contribution in [0.1, 0.15) is 5.56 Å². The summed E-state index contributed by atoms with van der Waals surface area (Å²) < 4.78 is 26.5. The van der Waals surface area contributed by atoms with Crippen molar-refractivity contribution in [2.75, 3.05) is 13.1 Å². The Kier molecular flexibility index (Phi) is 6.74. The van der Waals surface area contributed by atoms with Gasteiger partial charge in [-0.1, -0.05) is 18.2 Å². The maximum absolute atomic E-state index is 12.1. The molecule has 0 bridgehead atoms. The Labute approximate surface area is 159 Å². The summed E-state index contributed by atoms with van der Waals surface area (Å²) in [6.45, 7) is -0.114. The lowest BCUT2D eigenvalue weighted by atomic mass is 10.1. The van der Waals surface area contributed by atoms with Crippen LogP contribution in [0.4, 0.5) is 11.4 Å². The topological polar surface area (TPSA) is 162 Å². The number of rotatable bonds is 9. The van der Waals surface area contributed by atoms with E-state index in [9.17, 15) is 33.4 Å². The van der Waals surface area contributed by atoms with Crippen LogP contribution in [0.3, 0.4) is 0 Å². The first kappa shape index (κ1) is 20.9. The highest BCUT2D eigenvalue weighted by Gasteiger charge is 2.17. The summed E-state index contributed by atoms with van der Waals surface area (Å²) in [6, 6.07) is 10.1. The van der Waals surface area contributed by atoms with E-state index in [-0.39, 0.29) is 41.7 Å². The number of hydrogen-bond donors (Lipinski definition) is 2. The Bertz CT molecular complexity index is 990. The summed E-state index contributed by atoms with van der Waals surface area (Å²) in [7, 11) is -3.96. The molecule has 11 nitrogen and oxygen atoms in total. The van der Waals surface area contributed by atoms with E-state index < -0.39 is 19.9 Å². The maximum atomic E-state index is 12.1. The summed E-state index contributed by atoms with van der Waals surface area (Å²) in [5.74, 6) is -0.386. The molecule has 0 radical (unpaired) electrons. The van der Waals surface area contributed by atoms with Crippen LogP contribution in [-0.2, 0) is 21.2 Å². The molecular formula is C16H16N4O7S. The Hall–Kier alpha value is -3.38. The molecule has 0 saturated carbocycles. The van der Waals surface area contributed by atoms with Gasteiger partial charge in [-0.15, -0.1) is 0 Å². The Balaban J connectivity index is 1.82. The quantitative estimate of drug-likeness (QED) is 0.357. The lowest BCUT2D eigenvalue weighted by Crippen LogP contribution is -2.35. The van der Waals surface area contributed by atoms with Gasteiger partial charge in [0.15, 0.2) is 0 Å². The predicted molar refractivity (Wildman–Crippen MR) is 98.1 cm³/mol. The van der Waals surface area contributed by atoms with Crippen molar-refractivity contribution in [1.82, 2.24) is 10.0 Å². The van der Waals surface area contributed by atoms with E-state index in [1.807, 2.05) is 0 Å². The summed E-state index contributed by atoms with van der Waals surface area (Å²) >= 11 is 0. The number of carbonyl (C=O) groups excluding carboxylic acids is 1. The summed E-state index contributed by atoms with van der Waals surface area (Å²) in [5.41, 5.74) is 0.138. The second kappa shape index (κ2) is 9.01. The molecule has 0 unspecified atom stereocenters. The van der Waals surface area contributed by atoms with E-state index >= 15 is 0 Å². The molecule has 0 aliphatic rings. The van der Waals surface area contributed by atoms with Crippen LogP contribution >= 0.6 is 0 Å². The molecule has 2 aromatic rings. The smallest absolute Gasteiger partial charge is 0.270 e. The second-order valence-electron chi connectivity index (χ2n) is 5.60. The summed E-state index contributed by atoms with van der Waals surface area (Å²) in [6.07, 6.45) is -0.0182. The molecule has 0 atom stereocenters. The number of nitro groups is 2. The van der Waals surface area contributed by atoms with Gasteiger partial charge in [0.2, 0.25) is 15.9 Å². The van der Waals surface area contributed by atoms with Crippen molar-refractivity contribution in [1.29, 1.82) is 0 Å². The van der Waals surface area contributed by atoms with Gasteiger partial charge >= 0.3 is 0 Å². The summed E-state index contributed by atoms with van der Waals surface area (Å²) in [5, 5.41) is 23.8. The highest BCUT2D eigenvalue weighted by atomic mass is 32.2. The third kappa shape index (κ3) is 5.82. The average molecular weight is 408 g/mol. The average Bonchev–Trinajstić information content (AvgIpc) is 2.66. The van der Waals surface area contributed by atoms with Crippen LogP contribution in [0.2, 0.25) is 0 Å². The molecule has 0 aromatic heterocycles. The van der Waals surface area contributed by atoms with Crippen molar-refractivity contribution >= 4 is 27.3 Å². The first-order chi connectivity index (χ1) is 13.2. The van der Waals surface area contributed by atoms with Crippen LogP contribution < -0.4 is 10.0 Å². The fourth-order valence-corrected chi connectivity index (χ4v) is 3.29. The van der Waals surface area contributed by atoms with Crippen LogP contribution in [0, 0.1) is 20.2 Å². The predicted octanol–water partition coefficient (Wildman–Crippen LogP) is 1.14. The number of benzene rings is 2. The minimum Gasteiger partial charge on any atom is -0.355 e. The van der Waals surface area contributed by atoms with Gasteiger partial charge in [0, 0.05) is 37.4 Å². The number of amides is 1. The SMILES string of the molecule is O=C(Cc1ccc([N+](=O)[O-])cc1)NCCNS(=O)(=O)c1cccc([N+](=O)[O-])c1. The van der Waals surface area contributed by atoms with Gasteiger partial charge in [-0.05, 0) is 11.6 Å². The van der Waals surface area contributed by atoms with E-state index in [2.05, 4.69) is 10.0 Å². The van der Waals surface area contributed by atoms with Crippen molar-refractivity contribution in [3.05, 3.63) is 74.3 Å². The van der Waals surface area contributed by atoms with Crippen LogP contribution in [0.25, 0.3) is 0 Å². The van der Waals surface area contributed by atoms with Crippen LogP contribution in [0.5, 0.6) is 0 Å². The molecule has 148 valence electrons. The fourth-order valence-electron chi connectivity index (χ4n) is 2.22. The summed E-state index contributed by atoms with van der Waals surface area (Å²) in [4.78, 5) is 31.7. The monoisotopic (exact) mass is 408 g/mol. The van der Waals surface area contributed by atoms with Gasteiger partial charge in [0.1, 0.15) is 0 Å². The second-order valence-corrected chi connectivity index (χ2v) is 7.37. The zero-order valence-corrected chi connectivity index (χ0v) is 15.2. The molecule has 2 rings (SSSR count). The normalized spacial score (nSPS) is 11.0. The van der Waals surface area contributed by atoms with Crippen LogP contribution in [0.15, 0.2) is 53.4 Å². The molecule has 0 heterocycles. The van der Waals surface area contributed by atoms with Gasteiger partial charge < -0.3 is 5.32 Å². The molecule has 1 amide bonds. The van der Waals surface area contributed by atoms with Crippen molar-refractivity contribution in [3.8, 4) is 0 Å². The third-order valence-corrected chi connectivity index (χ3v) is 5.05. The lowest BCUT2D eigenvalue weighted by molar-refractivity contribution is -0.385. The van der Waals surface area contributed by atoms with Gasteiger partial charge in [-0.25, -0.2) is 13.1 Å². The highest BCUT2D eigenvalue weighted by Crippen LogP contribution is 2.17. The van der Waals surface area contributed by atoms with Gasteiger partial charge in [-0.3, -0.25) is 25.0 Å². The largest absolute Gasteiger partial charge is 0.355 e. The first-order valence-electron chi connectivity index (χ1n) is 7.93. The Morgan fingerprint density at radius 2 is 1.57 bits per heavy atom. The molecule has 28 heavy (non-hydrogen) atoms. The molecule has 0 saturated heterocycles. The molecule has 0 fully saturated rings. The molecule has 2 N–H and O–H groups in total. The molecule has 12 heteroatoms. The molecule has 2 aromatic carbocycles. The zero-order valence-electron chi connectivity index (χ0n) is 14.4. The lowest BCUT2D eigenvalue weighted by Gasteiger charge is -2.08. The standard InChI is InChI=1S/C16H16N4O7S/c21-16(10-12-4-6-13(7-5-12)19(22)23)17-8-9-18-28(26,27)15-3-1-2-14(11-15)20(24)25/h1-7,11,18H,8-10H2,(H,17,21). The highest BCUT2D eigenvalue weighted by molar-refractivity contribution is 7.89. The molecule has 0 spiro atoms.